The van der Waals surface area contributed by atoms with Crippen LogP contribution in [0, 0.1) is 6.92 Å². The number of amides is 1. The van der Waals surface area contributed by atoms with E-state index >= 15 is 0 Å². The molecule has 7 nitrogen and oxygen atoms in total. The Morgan fingerprint density at radius 2 is 1.70 bits per heavy atom. The van der Waals surface area contributed by atoms with Crippen molar-refractivity contribution in [3.8, 4) is 0 Å². The van der Waals surface area contributed by atoms with Gasteiger partial charge in [0, 0.05) is 5.56 Å². The molecule has 152 valence electrons. The number of carbonyl (C=O) groups excluding carboxylic acids is 2. The predicted molar refractivity (Wildman–Crippen MR) is 116 cm³/mol. The van der Waals surface area contributed by atoms with E-state index in [0.717, 1.165) is 22.0 Å². The Hall–Kier alpha value is -3.87. The van der Waals surface area contributed by atoms with Gasteiger partial charge in [0.25, 0.3) is 0 Å². The lowest BCUT2D eigenvalue weighted by Gasteiger charge is -2.28. The highest BCUT2D eigenvalue weighted by atomic mass is 16.5. The minimum atomic E-state index is -0.674. The fourth-order valence-electron chi connectivity index (χ4n) is 3.40. The van der Waals surface area contributed by atoms with Gasteiger partial charge in [-0.15, -0.1) is 5.10 Å². The third kappa shape index (κ3) is 3.57. The monoisotopic (exact) mass is 402 g/mol. The molecule has 1 amide bonds. The second-order valence-corrected chi connectivity index (χ2v) is 7.10. The van der Waals surface area contributed by atoms with Crippen LogP contribution in [0.4, 0.5) is 10.5 Å². The van der Waals surface area contributed by atoms with Crippen molar-refractivity contribution >= 4 is 34.2 Å². The molecule has 0 radical (unpaired) electrons. The van der Waals surface area contributed by atoms with Crippen LogP contribution in [0.2, 0.25) is 0 Å². The fourth-order valence-corrected chi connectivity index (χ4v) is 3.40. The first-order chi connectivity index (χ1) is 14.5. The Labute approximate surface area is 174 Å². The number of Topliss-reactive ketones (excluding diaryl/α,β-unsaturated/α-hetero) is 1. The lowest BCUT2D eigenvalue weighted by atomic mass is 10.0. The van der Waals surface area contributed by atoms with Crippen molar-refractivity contribution in [3.63, 3.8) is 0 Å². The molecule has 0 saturated heterocycles. The van der Waals surface area contributed by atoms with Crippen molar-refractivity contribution in [1.29, 1.82) is 0 Å². The Morgan fingerprint density at radius 3 is 2.40 bits per heavy atom. The van der Waals surface area contributed by atoms with E-state index in [1.165, 1.54) is 12.1 Å². The summed E-state index contributed by atoms with van der Waals surface area (Å²) < 4.78 is 4.73. The molecule has 30 heavy (non-hydrogen) atoms. The van der Waals surface area contributed by atoms with Gasteiger partial charge in [-0.3, -0.25) is 4.79 Å². The van der Waals surface area contributed by atoms with Crippen LogP contribution < -0.4 is 10.4 Å². The van der Waals surface area contributed by atoms with E-state index in [2.05, 4.69) is 10.5 Å². The third-order valence-corrected chi connectivity index (χ3v) is 5.07. The standard InChI is InChI=1S/C23H22N4O3/c1-15-8-12-20(13-9-15)26-16(2)27(25-23(29)30-3)22(24-26)21(28)19-11-10-17-6-4-5-7-18(17)14-19/h4-14,16H,1-3H3,(H,25,29). The van der Waals surface area contributed by atoms with Crippen molar-refractivity contribution in [2.75, 3.05) is 12.1 Å². The molecule has 0 saturated carbocycles. The number of ketones is 1. The van der Waals surface area contributed by atoms with Gasteiger partial charge in [-0.25, -0.2) is 20.2 Å². The molecular weight excluding hydrogens is 380 g/mol. The maximum Gasteiger partial charge on any atom is 0.425 e. The fraction of sp³-hybridized carbons (Fsp3) is 0.174. The molecule has 1 aliphatic heterocycles. The van der Waals surface area contributed by atoms with Gasteiger partial charge < -0.3 is 4.74 Å². The minimum absolute atomic E-state index is 0.115. The first-order valence-corrected chi connectivity index (χ1v) is 9.60. The Bertz CT molecular complexity index is 1140. The molecule has 0 aliphatic carbocycles. The number of fused-ring (bicyclic) bond motifs is 1. The highest BCUT2D eigenvalue weighted by Crippen LogP contribution is 2.26. The van der Waals surface area contributed by atoms with Crippen LogP contribution in [0.25, 0.3) is 10.8 Å². The number of ether oxygens (including phenoxy) is 1. The number of methoxy groups -OCH3 is 1. The first-order valence-electron chi connectivity index (χ1n) is 9.60. The minimum Gasteiger partial charge on any atom is -0.452 e. The van der Waals surface area contributed by atoms with E-state index in [4.69, 9.17) is 4.74 Å². The summed E-state index contributed by atoms with van der Waals surface area (Å²) in [6.07, 6.45) is -1.10. The summed E-state index contributed by atoms with van der Waals surface area (Å²) in [4.78, 5) is 25.3. The number of hydrogen-bond acceptors (Lipinski definition) is 6. The van der Waals surface area contributed by atoms with Crippen molar-refractivity contribution < 1.29 is 14.3 Å². The summed E-state index contributed by atoms with van der Waals surface area (Å²) in [6.45, 7) is 3.85. The van der Waals surface area contributed by atoms with Crippen LogP contribution >= 0.6 is 0 Å². The first kappa shape index (κ1) is 19.4. The van der Waals surface area contributed by atoms with Crippen LogP contribution in [-0.2, 0) is 4.74 Å². The zero-order chi connectivity index (χ0) is 21.3. The van der Waals surface area contributed by atoms with Crippen LogP contribution in [0.15, 0.2) is 71.8 Å². The van der Waals surface area contributed by atoms with Crippen molar-refractivity contribution in [2.24, 2.45) is 5.10 Å². The highest BCUT2D eigenvalue weighted by molar-refractivity contribution is 6.45. The van der Waals surface area contributed by atoms with Crippen LogP contribution in [0.3, 0.4) is 0 Å². The average molecular weight is 402 g/mol. The maximum absolute atomic E-state index is 13.4. The Morgan fingerprint density at radius 1 is 1.00 bits per heavy atom. The molecule has 3 aromatic carbocycles. The molecule has 0 spiro atoms. The van der Waals surface area contributed by atoms with Crippen molar-refractivity contribution in [3.05, 3.63) is 77.9 Å². The number of nitrogens with one attached hydrogen (secondary N) is 1. The molecule has 1 atom stereocenters. The summed E-state index contributed by atoms with van der Waals surface area (Å²) in [7, 11) is 1.27. The van der Waals surface area contributed by atoms with Gasteiger partial charge in [-0.1, -0.05) is 54.1 Å². The molecule has 7 heteroatoms. The van der Waals surface area contributed by atoms with Gasteiger partial charge in [0.15, 0.2) is 0 Å². The molecule has 1 N–H and O–H groups in total. The van der Waals surface area contributed by atoms with E-state index in [-0.39, 0.29) is 11.6 Å². The number of hydrazine groups is 1. The molecule has 0 fully saturated rings. The van der Waals surface area contributed by atoms with Gasteiger partial charge in [-0.05, 0) is 42.8 Å². The highest BCUT2D eigenvalue weighted by Gasteiger charge is 2.37. The summed E-state index contributed by atoms with van der Waals surface area (Å²) in [5.74, 6) is -0.178. The molecule has 4 rings (SSSR count). The zero-order valence-electron chi connectivity index (χ0n) is 17.0. The second kappa shape index (κ2) is 7.87. The van der Waals surface area contributed by atoms with Gasteiger partial charge in [0.05, 0.1) is 12.8 Å². The van der Waals surface area contributed by atoms with Gasteiger partial charge >= 0.3 is 6.09 Å². The summed E-state index contributed by atoms with van der Waals surface area (Å²) >= 11 is 0. The number of hydrazone groups is 1. The van der Waals surface area contributed by atoms with Crippen molar-refractivity contribution in [1.82, 2.24) is 10.4 Å². The number of aryl methyl sites for hydroxylation is 1. The number of benzene rings is 3. The van der Waals surface area contributed by atoms with E-state index in [0.29, 0.717) is 5.56 Å². The van der Waals surface area contributed by atoms with Crippen LogP contribution in [-0.4, -0.2) is 36.0 Å². The summed E-state index contributed by atoms with van der Waals surface area (Å²) in [6, 6.07) is 21.1. The number of carbonyl (C=O) groups is 2. The smallest absolute Gasteiger partial charge is 0.425 e. The molecule has 3 aromatic rings. The quantitative estimate of drug-likeness (QED) is 0.666. The summed E-state index contributed by atoms with van der Waals surface area (Å²) in [5.41, 5.74) is 5.02. The normalized spacial score (nSPS) is 15.8. The van der Waals surface area contributed by atoms with E-state index in [1.807, 2.05) is 74.5 Å². The van der Waals surface area contributed by atoms with E-state index in [9.17, 15) is 9.59 Å². The van der Waals surface area contributed by atoms with Gasteiger partial charge in [-0.2, -0.15) is 0 Å². The lowest BCUT2D eigenvalue weighted by Crippen LogP contribution is -2.52. The molecular formula is C23H22N4O3. The maximum atomic E-state index is 13.4. The lowest BCUT2D eigenvalue weighted by molar-refractivity contribution is 0.103. The predicted octanol–water partition coefficient (Wildman–Crippen LogP) is 4.08. The zero-order valence-corrected chi connectivity index (χ0v) is 17.0. The molecule has 0 bridgehead atoms. The number of amidine groups is 1. The number of nitrogens with zero attached hydrogens (tertiary/aromatic N) is 3. The largest absolute Gasteiger partial charge is 0.452 e. The van der Waals surface area contributed by atoms with Crippen LogP contribution in [0.5, 0.6) is 0 Å². The number of hydrogen-bond donors (Lipinski definition) is 1. The molecule has 0 aromatic heterocycles. The third-order valence-electron chi connectivity index (χ3n) is 5.07. The summed E-state index contributed by atoms with van der Waals surface area (Å²) in [5, 5.41) is 9.68. The Kier molecular flexibility index (Phi) is 5.10. The van der Waals surface area contributed by atoms with Crippen molar-refractivity contribution in [2.45, 2.75) is 20.0 Å². The van der Waals surface area contributed by atoms with E-state index in [1.54, 1.807) is 11.1 Å². The SMILES string of the molecule is COC(=O)NN1C(C(=O)c2ccc3ccccc3c2)=NN(c2ccc(C)cc2)C1C. The van der Waals surface area contributed by atoms with Gasteiger partial charge in [0.1, 0.15) is 6.17 Å². The molecule has 1 heterocycles. The van der Waals surface area contributed by atoms with Gasteiger partial charge in [0.2, 0.25) is 11.6 Å². The van der Waals surface area contributed by atoms with E-state index < -0.39 is 12.3 Å². The topological polar surface area (TPSA) is 74.2 Å². The number of anilines is 1. The second-order valence-electron chi connectivity index (χ2n) is 7.10. The molecule has 1 aliphatic rings. The van der Waals surface area contributed by atoms with Crippen LogP contribution in [0.1, 0.15) is 22.8 Å². The Balaban J connectivity index is 1.73. The average Bonchev–Trinajstić information content (AvgIpc) is 3.09. The molecule has 1 unspecified atom stereocenters. The number of rotatable bonds is 4.